The van der Waals surface area contributed by atoms with E-state index < -0.39 is 0 Å². The van der Waals surface area contributed by atoms with Crippen molar-refractivity contribution in [3.63, 3.8) is 0 Å². The van der Waals surface area contributed by atoms with Crippen LogP contribution in [0.3, 0.4) is 0 Å². The van der Waals surface area contributed by atoms with E-state index >= 15 is 0 Å². The lowest BCUT2D eigenvalue weighted by Gasteiger charge is -2.42. The Bertz CT molecular complexity index is 832. The van der Waals surface area contributed by atoms with Gasteiger partial charge in [-0.1, -0.05) is 39.8 Å². The smallest absolute Gasteiger partial charge is 0.161 e. The summed E-state index contributed by atoms with van der Waals surface area (Å²) in [4.78, 5) is 11.8. The van der Waals surface area contributed by atoms with E-state index in [0.717, 1.165) is 43.1 Å². The van der Waals surface area contributed by atoms with Crippen molar-refractivity contribution in [1.29, 1.82) is 0 Å². The first-order valence-corrected chi connectivity index (χ1v) is 10.3. The van der Waals surface area contributed by atoms with Crippen molar-refractivity contribution in [1.82, 2.24) is 9.97 Å². The van der Waals surface area contributed by atoms with Crippen molar-refractivity contribution in [2.45, 2.75) is 70.3 Å². The zero-order valence-corrected chi connectivity index (χ0v) is 17.1. The number of piperidine rings is 1. The van der Waals surface area contributed by atoms with Crippen LogP contribution in [-0.4, -0.2) is 29.1 Å². The first kappa shape index (κ1) is 18.4. The van der Waals surface area contributed by atoms with Crippen LogP contribution in [0, 0.1) is 0 Å². The largest absolute Gasteiger partial charge is 0.356 e. The Morgan fingerprint density at radius 1 is 0.963 bits per heavy atom. The predicted molar refractivity (Wildman–Crippen MR) is 112 cm³/mol. The molecule has 1 aromatic carbocycles. The Balaban J connectivity index is 1.70. The number of nitrogens with two attached hydrogens (primary N) is 1. The molecule has 2 N–H and O–H groups in total. The summed E-state index contributed by atoms with van der Waals surface area (Å²) in [5.41, 5.74) is 10.5. The minimum absolute atomic E-state index is 0.196. The molecule has 1 fully saturated rings. The Labute approximate surface area is 163 Å². The number of anilines is 1. The van der Waals surface area contributed by atoms with Crippen molar-refractivity contribution in [2.75, 3.05) is 18.0 Å². The average molecular weight is 365 g/mol. The molecule has 2 aromatic rings. The van der Waals surface area contributed by atoms with Gasteiger partial charge < -0.3 is 10.6 Å². The fourth-order valence-electron chi connectivity index (χ4n) is 4.52. The second-order valence-electron chi connectivity index (χ2n) is 9.59. The highest BCUT2D eigenvalue weighted by atomic mass is 15.2. The molecule has 1 aliphatic carbocycles. The molecule has 0 spiro atoms. The van der Waals surface area contributed by atoms with Gasteiger partial charge in [0.25, 0.3) is 0 Å². The lowest BCUT2D eigenvalue weighted by atomic mass is 9.63. The van der Waals surface area contributed by atoms with E-state index in [-0.39, 0.29) is 10.8 Å². The Morgan fingerprint density at radius 3 is 2.33 bits per heavy atom. The second kappa shape index (κ2) is 6.59. The van der Waals surface area contributed by atoms with Crippen LogP contribution in [0.2, 0.25) is 0 Å². The molecule has 4 rings (SSSR count). The normalized spacial score (nSPS) is 21.7. The Kier molecular flexibility index (Phi) is 4.50. The van der Waals surface area contributed by atoms with Gasteiger partial charge >= 0.3 is 0 Å². The maximum atomic E-state index is 6.05. The van der Waals surface area contributed by atoms with Gasteiger partial charge in [-0.25, -0.2) is 9.97 Å². The SMILES string of the molecule is CC1(C)CCC(C)(C)c2cc(-c3nccc(N4CCC(N)CC4)n3)ccc21. The molecule has 4 nitrogen and oxygen atoms in total. The van der Waals surface area contributed by atoms with Crippen LogP contribution < -0.4 is 10.6 Å². The molecule has 0 saturated carbocycles. The van der Waals surface area contributed by atoms with Gasteiger partial charge in [-0.2, -0.15) is 0 Å². The third-order valence-electron chi connectivity index (χ3n) is 6.62. The van der Waals surface area contributed by atoms with E-state index in [0.29, 0.717) is 6.04 Å². The maximum Gasteiger partial charge on any atom is 0.161 e. The number of fused-ring (bicyclic) bond motifs is 1. The highest BCUT2D eigenvalue weighted by Crippen LogP contribution is 2.46. The molecule has 0 radical (unpaired) electrons. The number of rotatable bonds is 2. The van der Waals surface area contributed by atoms with Crippen LogP contribution in [-0.2, 0) is 10.8 Å². The summed E-state index contributed by atoms with van der Waals surface area (Å²) < 4.78 is 0. The van der Waals surface area contributed by atoms with Gasteiger partial charge in [0.15, 0.2) is 5.82 Å². The van der Waals surface area contributed by atoms with Crippen molar-refractivity contribution in [3.05, 3.63) is 41.6 Å². The highest BCUT2D eigenvalue weighted by molar-refractivity contribution is 5.61. The van der Waals surface area contributed by atoms with Crippen molar-refractivity contribution in [2.24, 2.45) is 5.73 Å². The van der Waals surface area contributed by atoms with Crippen molar-refractivity contribution >= 4 is 5.82 Å². The molecule has 2 heterocycles. The monoisotopic (exact) mass is 364 g/mol. The molecule has 1 aliphatic heterocycles. The van der Waals surface area contributed by atoms with Crippen LogP contribution in [0.1, 0.15) is 64.5 Å². The summed E-state index contributed by atoms with van der Waals surface area (Å²) in [6, 6.07) is 9.19. The molecule has 144 valence electrons. The molecule has 1 saturated heterocycles. The highest BCUT2D eigenvalue weighted by Gasteiger charge is 2.37. The minimum Gasteiger partial charge on any atom is -0.356 e. The summed E-state index contributed by atoms with van der Waals surface area (Å²) in [5, 5.41) is 0. The maximum absolute atomic E-state index is 6.05. The van der Waals surface area contributed by atoms with E-state index in [1.165, 1.54) is 24.0 Å². The molecular weight excluding hydrogens is 332 g/mol. The van der Waals surface area contributed by atoms with Gasteiger partial charge in [-0.15, -0.1) is 0 Å². The predicted octanol–water partition coefficient (Wildman–Crippen LogP) is 4.42. The van der Waals surface area contributed by atoms with E-state index in [2.05, 4.69) is 55.8 Å². The van der Waals surface area contributed by atoms with Gasteiger partial charge in [-0.3, -0.25) is 0 Å². The lowest BCUT2D eigenvalue weighted by molar-refractivity contribution is 0.332. The van der Waals surface area contributed by atoms with Crippen molar-refractivity contribution in [3.8, 4) is 11.4 Å². The molecule has 0 unspecified atom stereocenters. The first-order valence-electron chi connectivity index (χ1n) is 10.3. The summed E-state index contributed by atoms with van der Waals surface area (Å²) in [5.74, 6) is 1.84. The van der Waals surface area contributed by atoms with Crippen LogP contribution in [0.5, 0.6) is 0 Å². The summed E-state index contributed by atoms with van der Waals surface area (Å²) in [6.07, 6.45) is 6.39. The van der Waals surface area contributed by atoms with E-state index in [1.54, 1.807) is 0 Å². The quantitative estimate of drug-likeness (QED) is 0.857. The van der Waals surface area contributed by atoms with Crippen LogP contribution in [0.15, 0.2) is 30.5 Å². The first-order chi connectivity index (χ1) is 12.8. The van der Waals surface area contributed by atoms with E-state index in [1.807, 2.05) is 12.3 Å². The molecule has 0 bridgehead atoms. The summed E-state index contributed by atoms with van der Waals surface area (Å²) in [6.45, 7) is 11.4. The fourth-order valence-corrected chi connectivity index (χ4v) is 4.52. The standard InChI is InChI=1S/C23H32N4/c1-22(2)10-11-23(3,4)19-15-16(5-6-18(19)22)21-25-12-7-20(26-21)27-13-8-17(24)9-14-27/h5-7,12,15,17H,8-11,13-14,24H2,1-4H3. The number of aromatic nitrogens is 2. The topological polar surface area (TPSA) is 55.0 Å². The van der Waals surface area contributed by atoms with Crippen molar-refractivity contribution < 1.29 is 0 Å². The second-order valence-corrected chi connectivity index (χ2v) is 9.59. The van der Waals surface area contributed by atoms with Crippen LogP contribution >= 0.6 is 0 Å². The number of benzene rings is 1. The molecule has 1 aromatic heterocycles. The minimum atomic E-state index is 0.196. The molecule has 4 heteroatoms. The zero-order chi connectivity index (χ0) is 19.2. The lowest BCUT2D eigenvalue weighted by Crippen LogP contribution is -2.40. The number of nitrogens with zero attached hydrogens (tertiary/aromatic N) is 3. The molecule has 0 atom stereocenters. The van der Waals surface area contributed by atoms with Gasteiger partial charge in [-0.05, 0) is 59.8 Å². The fraction of sp³-hybridized carbons (Fsp3) is 0.565. The number of hydrogen-bond acceptors (Lipinski definition) is 4. The molecular formula is C23H32N4. The van der Waals surface area contributed by atoms with Crippen LogP contribution in [0.25, 0.3) is 11.4 Å². The summed E-state index contributed by atoms with van der Waals surface area (Å²) >= 11 is 0. The third-order valence-corrected chi connectivity index (χ3v) is 6.62. The number of hydrogen-bond donors (Lipinski definition) is 1. The summed E-state index contributed by atoms with van der Waals surface area (Å²) in [7, 11) is 0. The Hall–Kier alpha value is -1.94. The van der Waals surface area contributed by atoms with Gasteiger partial charge in [0.2, 0.25) is 0 Å². The van der Waals surface area contributed by atoms with Gasteiger partial charge in [0.05, 0.1) is 0 Å². The third kappa shape index (κ3) is 3.47. The molecule has 0 amide bonds. The van der Waals surface area contributed by atoms with E-state index in [9.17, 15) is 0 Å². The van der Waals surface area contributed by atoms with Gasteiger partial charge in [0, 0.05) is 30.9 Å². The van der Waals surface area contributed by atoms with E-state index in [4.69, 9.17) is 10.7 Å². The molecule has 27 heavy (non-hydrogen) atoms. The van der Waals surface area contributed by atoms with Gasteiger partial charge in [0.1, 0.15) is 5.82 Å². The Morgan fingerprint density at radius 2 is 1.63 bits per heavy atom. The van der Waals surface area contributed by atoms with Crippen LogP contribution in [0.4, 0.5) is 5.82 Å². The average Bonchev–Trinajstić information content (AvgIpc) is 2.66. The molecule has 2 aliphatic rings. The zero-order valence-electron chi connectivity index (χ0n) is 17.1.